The lowest BCUT2D eigenvalue weighted by atomic mass is 9.85. The molecule has 0 unspecified atom stereocenters. The van der Waals surface area contributed by atoms with Gasteiger partial charge in [0.15, 0.2) is 11.5 Å². The summed E-state index contributed by atoms with van der Waals surface area (Å²) in [4.78, 5) is 26.8. The number of hydrogen-bond acceptors (Lipinski definition) is 4. The van der Waals surface area contributed by atoms with Gasteiger partial charge in [0.2, 0.25) is 11.8 Å². The van der Waals surface area contributed by atoms with Crippen LogP contribution >= 0.6 is 0 Å². The molecule has 2 bridgehead atoms. The Kier molecular flexibility index (Phi) is 2.79. The van der Waals surface area contributed by atoms with E-state index in [0.717, 1.165) is 6.42 Å². The van der Waals surface area contributed by atoms with Crippen LogP contribution in [0.2, 0.25) is 0 Å². The Morgan fingerprint density at radius 1 is 0.955 bits per heavy atom. The number of anilines is 1. The van der Waals surface area contributed by atoms with E-state index >= 15 is 0 Å². The van der Waals surface area contributed by atoms with Crippen molar-refractivity contribution in [3.05, 3.63) is 30.4 Å². The van der Waals surface area contributed by atoms with Gasteiger partial charge in [-0.3, -0.25) is 9.59 Å². The first-order chi connectivity index (χ1) is 10.7. The smallest absolute Gasteiger partial charge is 0.238 e. The van der Waals surface area contributed by atoms with Gasteiger partial charge in [-0.2, -0.15) is 0 Å². The van der Waals surface area contributed by atoms with Crippen molar-refractivity contribution >= 4 is 17.5 Å². The van der Waals surface area contributed by atoms with Crippen LogP contribution in [0.25, 0.3) is 0 Å². The van der Waals surface area contributed by atoms with E-state index < -0.39 is 0 Å². The first-order valence-electron chi connectivity index (χ1n) is 7.44. The standard InChI is InChI=1S/C17H17NO4/c1-21-12-6-5-11(8-13(12)22-2)18-16(19)14-9-3-4-10(7-9)15(14)17(18)20/h3-6,8-10,14-15H,7H2,1-2H3/t9-,10-,14-,15-/m0/s1. The Balaban J connectivity index is 1.72. The predicted octanol–water partition coefficient (Wildman–Crippen LogP) is 2.02. The van der Waals surface area contributed by atoms with Crippen LogP contribution in [0, 0.1) is 23.7 Å². The number of nitrogens with zero attached hydrogens (tertiary/aromatic N) is 1. The molecule has 0 spiro atoms. The Bertz CT molecular complexity index is 666. The fraction of sp³-hybridized carbons (Fsp3) is 0.412. The number of ether oxygens (including phenoxy) is 2. The molecule has 114 valence electrons. The summed E-state index contributed by atoms with van der Waals surface area (Å²) in [5.74, 6) is 0.989. The van der Waals surface area contributed by atoms with Gasteiger partial charge in [-0.1, -0.05) is 12.2 Å². The van der Waals surface area contributed by atoms with E-state index in [4.69, 9.17) is 9.47 Å². The zero-order valence-corrected chi connectivity index (χ0v) is 12.5. The van der Waals surface area contributed by atoms with E-state index in [9.17, 15) is 9.59 Å². The summed E-state index contributed by atoms with van der Waals surface area (Å²) in [6.07, 6.45) is 5.12. The summed E-state index contributed by atoms with van der Waals surface area (Å²) in [5.41, 5.74) is 0.557. The number of allylic oxidation sites excluding steroid dienone is 2. The molecule has 5 heteroatoms. The number of fused-ring (bicyclic) bond motifs is 5. The second kappa shape index (κ2) is 4.60. The molecule has 4 atom stereocenters. The van der Waals surface area contributed by atoms with Gasteiger partial charge < -0.3 is 9.47 Å². The first-order valence-corrected chi connectivity index (χ1v) is 7.44. The second-order valence-electron chi connectivity index (χ2n) is 6.05. The third-order valence-electron chi connectivity index (χ3n) is 5.10. The highest BCUT2D eigenvalue weighted by Gasteiger charge is 2.59. The van der Waals surface area contributed by atoms with Crippen LogP contribution in [0.15, 0.2) is 30.4 Å². The lowest BCUT2D eigenvalue weighted by molar-refractivity contribution is -0.123. The summed E-state index contributed by atoms with van der Waals surface area (Å²) < 4.78 is 10.5. The molecule has 2 amide bonds. The molecule has 0 radical (unpaired) electrons. The normalized spacial score (nSPS) is 31.8. The Labute approximate surface area is 128 Å². The number of methoxy groups -OCH3 is 2. The van der Waals surface area contributed by atoms with Gasteiger partial charge in [-0.05, 0) is 30.4 Å². The van der Waals surface area contributed by atoms with Crippen molar-refractivity contribution in [2.75, 3.05) is 19.1 Å². The van der Waals surface area contributed by atoms with Crippen LogP contribution in [0.5, 0.6) is 11.5 Å². The van der Waals surface area contributed by atoms with E-state index in [1.54, 1.807) is 25.3 Å². The number of imide groups is 1. The number of benzene rings is 1. The van der Waals surface area contributed by atoms with E-state index in [1.807, 2.05) is 0 Å². The van der Waals surface area contributed by atoms with Crippen molar-refractivity contribution in [1.29, 1.82) is 0 Å². The van der Waals surface area contributed by atoms with Crippen LogP contribution in [0.1, 0.15) is 6.42 Å². The summed E-state index contributed by atoms with van der Waals surface area (Å²) in [5, 5.41) is 0. The number of rotatable bonds is 3. The zero-order chi connectivity index (χ0) is 15.4. The maximum absolute atomic E-state index is 12.7. The number of carbonyl (C=O) groups excluding carboxylic acids is 2. The van der Waals surface area contributed by atoms with Crippen molar-refractivity contribution in [1.82, 2.24) is 0 Å². The van der Waals surface area contributed by atoms with Gasteiger partial charge in [0.1, 0.15) is 0 Å². The molecule has 2 aliphatic carbocycles. The van der Waals surface area contributed by atoms with Crippen molar-refractivity contribution in [3.63, 3.8) is 0 Å². The average Bonchev–Trinajstić information content (AvgIpc) is 3.21. The summed E-state index contributed by atoms with van der Waals surface area (Å²) >= 11 is 0. The molecule has 4 rings (SSSR count). The lowest BCUT2D eigenvalue weighted by Gasteiger charge is -2.18. The minimum Gasteiger partial charge on any atom is -0.493 e. The van der Waals surface area contributed by atoms with Crippen molar-refractivity contribution in [3.8, 4) is 11.5 Å². The SMILES string of the molecule is COc1ccc(N2C(=O)[C@@H]3[C@@H](C2=O)[C@H]2C=C[C@H]3C2)cc1OC. The Morgan fingerprint density at radius 2 is 1.55 bits per heavy atom. The maximum atomic E-state index is 12.7. The monoisotopic (exact) mass is 299 g/mol. The zero-order valence-electron chi connectivity index (χ0n) is 12.5. The fourth-order valence-electron chi connectivity index (χ4n) is 4.12. The quantitative estimate of drug-likeness (QED) is 0.633. The van der Waals surface area contributed by atoms with Crippen LogP contribution in [0.3, 0.4) is 0 Å². The molecule has 1 saturated carbocycles. The van der Waals surface area contributed by atoms with Gasteiger partial charge in [-0.15, -0.1) is 0 Å². The number of hydrogen-bond donors (Lipinski definition) is 0. The summed E-state index contributed by atoms with van der Waals surface area (Å²) in [7, 11) is 3.09. The number of amides is 2. The molecular weight excluding hydrogens is 282 g/mol. The van der Waals surface area contributed by atoms with E-state index in [-0.39, 0.29) is 35.5 Å². The van der Waals surface area contributed by atoms with E-state index in [0.29, 0.717) is 17.2 Å². The van der Waals surface area contributed by atoms with Gasteiger partial charge >= 0.3 is 0 Å². The fourth-order valence-corrected chi connectivity index (χ4v) is 4.12. The van der Waals surface area contributed by atoms with Crippen LogP contribution in [-0.4, -0.2) is 26.0 Å². The van der Waals surface area contributed by atoms with Gasteiger partial charge in [0.05, 0.1) is 31.7 Å². The van der Waals surface area contributed by atoms with Crippen molar-refractivity contribution < 1.29 is 19.1 Å². The van der Waals surface area contributed by atoms with Gasteiger partial charge in [0.25, 0.3) is 0 Å². The summed E-state index contributed by atoms with van der Waals surface area (Å²) in [6.45, 7) is 0. The molecule has 1 heterocycles. The first kappa shape index (κ1) is 13.4. The molecule has 1 aromatic rings. The third kappa shape index (κ3) is 1.59. The third-order valence-corrected chi connectivity index (χ3v) is 5.10. The van der Waals surface area contributed by atoms with Crippen molar-refractivity contribution in [2.24, 2.45) is 23.7 Å². The second-order valence-corrected chi connectivity index (χ2v) is 6.05. The molecule has 5 nitrogen and oxygen atoms in total. The largest absolute Gasteiger partial charge is 0.493 e. The molecule has 22 heavy (non-hydrogen) atoms. The maximum Gasteiger partial charge on any atom is 0.238 e. The van der Waals surface area contributed by atoms with Gasteiger partial charge in [0, 0.05) is 6.07 Å². The minimum absolute atomic E-state index is 0.0842. The van der Waals surface area contributed by atoms with Crippen LogP contribution in [-0.2, 0) is 9.59 Å². The highest BCUT2D eigenvalue weighted by atomic mass is 16.5. The van der Waals surface area contributed by atoms with Crippen molar-refractivity contribution in [2.45, 2.75) is 6.42 Å². The molecule has 0 aromatic heterocycles. The minimum atomic E-state index is -0.185. The highest BCUT2D eigenvalue weighted by molar-refractivity contribution is 6.22. The van der Waals surface area contributed by atoms with Crippen LogP contribution < -0.4 is 14.4 Å². The molecule has 0 N–H and O–H groups in total. The van der Waals surface area contributed by atoms with E-state index in [1.165, 1.54) is 12.0 Å². The number of carbonyl (C=O) groups is 2. The predicted molar refractivity (Wildman–Crippen MR) is 79.8 cm³/mol. The molecule has 2 fully saturated rings. The highest BCUT2D eigenvalue weighted by Crippen LogP contribution is 2.53. The topological polar surface area (TPSA) is 55.8 Å². The van der Waals surface area contributed by atoms with Crippen LogP contribution in [0.4, 0.5) is 5.69 Å². The average molecular weight is 299 g/mol. The Morgan fingerprint density at radius 3 is 2.09 bits per heavy atom. The Hall–Kier alpha value is -2.30. The van der Waals surface area contributed by atoms with E-state index in [2.05, 4.69) is 12.2 Å². The van der Waals surface area contributed by atoms with Gasteiger partial charge in [-0.25, -0.2) is 4.90 Å². The molecular formula is C17H17NO4. The molecule has 1 aliphatic heterocycles. The molecule has 1 aromatic carbocycles. The molecule has 3 aliphatic rings. The molecule has 1 saturated heterocycles. The lowest BCUT2D eigenvalue weighted by Crippen LogP contribution is -2.32. The summed E-state index contributed by atoms with van der Waals surface area (Å²) in [6, 6.07) is 5.13.